The van der Waals surface area contributed by atoms with Crippen molar-refractivity contribution in [3.8, 4) is 5.75 Å². The maximum Gasteiger partial charge on any atom is 0.257 e. The zero-order valence-corrected chi connectivity index (χ0v) is 17.0. The fraction of sp³-hybridized carbons (Fsp3) is 0.120. The number of hydrogen-bond acceptors (Lipinski definition) is 3. The average Bonchev–Trinajstić information content (AvgIpc) is 2.75. The highest BCUT2D eigenvalue weighted by Gasteiger charge is 2.12. The second kappa shape index (κ2) is 10.1. The summed E-state index contributed by atoms with van der Waals surface area (Å²) in [5.74, 6) is 0.123. The van der Waals surface area contributed by atoms with Crippen LogP contribution in [0.4, 0.5) is 11.4 Å². The first-order valence-electron chi connectivity index (χ1n) is 9.74. The molecular formula is C25H24N2O3. The second-order valence-electron chi connectivity index (χ2n) is 6.69. The molecule has 0 saturated heterocycles. The molecule has 5 nitrogen and oxygen atoms in total. The van der Waals surface area contributed by atoms with Crippen LogP contribution in [0.15, 0.2) is 78.9 Å². The molecule has 3 aromatic carbocycles. The highest BCUT2D eigenvalue weighted by Crippen LogP contribution is 2.20. The maximum atomic E-state index is 12.7. The van der Waals surface area contributed by atoms with Gasteiger partial charge in [-0.1, -0.05) is 42.0 Å². The molecule has 0 bridgehead atoms. The minimum atomic E-state index is -0.308. The molecule has 0 aliphatic heterocycles. The lowest BCUT2D eigenvalue weighted by Gasteiger charge is -2.11. The van der Waals surface area contributed by atoms with Gasteiger partial charge in [0, 0.05) is 11.8 Å². The Bertz CT molecular complexity index is 1040. The van der Waals surface area contributed by atoms with Crippen LogP contribution in [0.2, 0.25) is 0 Å². The van der Waals surface area contributed by atoms with Crippen LogP contribution in [0.3, 0.4) is 0 Å². The van der Waals surface area contributed by atoms with Crippen molar-refractivity contribution in [3.63, 3.8) is 0 Å². The van der Waals surface area contributed by atoms with Gasteiger partial charge in [0.2, 0.25) is 5.91 Å². The minimum absolute atomic E-state index is 0.308. The van der Waals surface area contributed by atoms with Crippen LogP contribution in [-0.2, 0) is 4.79 Å². The van der Waals surface area contributed by atoms with Crippen molar-refractivity contribution in [2.45, 2.75) is 13.8 Å². The quantitative estimate of drug-likeness (QED) is 0.529. The molecule has 0 heterocycles. The Morgan fingerprint density at radius 2 is 1.60 bits per heavy atom. The van der Waals surface area contributed by atoms with E-state index >= 15 is 0 Å². The first-order chi connectivity index (χ1) is 14.5. The molecule has 3 rings (SSSR count). The van der Waals surface area contributed by atoms with Gasteiger partial charge in [-0.2, -0.15) is 0 Å². The van der Waals surface area contributed by atoms with E-state index in [1.54, 1.807) is 54.6 Å². The van der Waals surface area contributed by atoms with E-state index in [-0.39, 0.29) is 11.8 Å². The van der Waals surface area contributed by atoms with Crippen LogP contribution < -0.4 is 15.4 Å². The van der Waals surface area contributed by atoms with Gasteiger partial charge in [0.25, 0.3) is 5.91 Å². The van der Waals surface area contributed by atoms with Gasteiger partial charge < -0.3 is 15.4 Å². The van der Waals surface area contributed by atoms with Gasteiger partial charge in [0.1, 0.15) is 5.75 Å². The summed E-state index contributed by atoms with van der Waals surface area (Å²) in [6.07, 6.45) is 3.18. The molecule has 3 aromatic rings. The van der Waals surface area contributed by atoms with Crippen molar-refractivity contribution in [2.24, 2.45) is 0 Å². The number of hydrogen-bond donors (Lipinski definition) is 2. The van der Waals surface area contributed by atoms with E-state index < -0.39 is 0 Å². The van der Waals surface area contributed by atoms with Gasteiger partial charge in [-0.15, -0.1) is 0 Å². The van der Waals surface area contributed by atoms with Crippen LogP contribution in [-0.4, -0.2) is 18.4 Å². The first kappa shape index (κ1) is 20.9. The Balaban J connectivity index is 1.67. The number of ether oxygens (including phenoxy) is 1. The molecule has 152 valence electrons. The highest BCUT2D eigenvalue weighted by atomic mass is 16.5. The normalized spacial score (nSPS) is 10.6. The van der Waals surface area contributed by atoms with Crippen molar-refractivity contribution < 1.29 is 14.3 Å². The third-order valence-electron chi connectivity index (χ3n) is 4.36. The molecule has 0 saturated carbocycles. The Kier molecular flexibility index (Phi) is 7.00. The highest BCUT2D eigenvalue weighted by molar-refractivity contribution is 6.11. The molecule has 5 heteroatoms. The molecule has 0 aliphatic carbocycles. The number of amides is 2. The number of nitrogens with one attached hydrogen (secondary N) is 2. The molecule has 0 fully saturated rings. The zero-order chi connectivity index (χ0) is 21.3. The van der Waals surface area contributed by atoms with Crippen LogP contribution in [0.25, 0.3) is 6.08 Å². The standard InChI is InChI=1S/C25H24N2O3/c1-3-30-21-15-13-20(14-16-21)26-25(29)22-6-4-5-7-23(22)27-24(28)17-12-19-10-8-18(2)9-11-19/h4-17H,3H2,1-2H3,(H,26,29)(H,27,28)/b17-12+. The lowest BCUT2D eigenvalue weighted by atomic mass is 10.1. The van der Waals surface area contributed by atoms with Gasteiger partial charge >= 0.3 is 0 Å². The molecule has 0 spiro atoms. The van der Waals surface area contributed by atoms with E-state index in [1.165, 1.54) is 6.08 Å². The number of rotatable bonds is 7. The summed E-state index contributed by atoms with van der Waals surface area (Å²) >= 11 is 0. The Hall–Kier alpha value is -3.86. The van der Waals surface area contributed by atoms with Gasteiger partial charge in [-0.3, -0.25) is 9.59 Å². The number of anilines is 2. The summed E-state index contributed by atoms with van der Waals surface area (Å²) in [5, 5.41) is 5.62. The van der Waals surface area contributed by atoms with Crippen molar-refractivity contribution in [2.75, 3.05) is 17.2 Å². The number of carbonyl (C=O) groups is 2. The van der Waals surface area contributed by atoms with Crippen LogP contribution in [0.5, 0.6) is 5.75 Å². The van der Waals surface area contributed by atoms with E-state index in [1.807, 2.05) is 38.1 Å². The minimum Gasteiger partial charge on any atom is -0.494 e. The fourth-order valence-electron chi connectivity index (χ4n) is 2.81. The van der Waals surface area contributed by atoms with E-state index in [0.717, 1.165) is 16.9 Å². The van der Waals surface area contributed by atoms with E-state index in [9.17, 15) is 9.59 Å². The summed E-state index contributed by atoms with van der Waals surface area (Å²) in [4.78, 5) is 25.1. The van der Waals surface area contributed by atoms with Crippen LogP contribution >= 0.6 is 0 Å². The van der Waals surface area contributed by atoms with Crippen molar-refractivity contribution >= 4 is 29.3 Å². The third kappa shape index (κ3) is 5.82. The molecule has 0 aromatic heterocycles. The molecule has 0 unspecified atom stereocenters. The molecule has 0 aliphatic rings. The molecule has 2 N–H and O–H groups in total. The first-order valence-corrected chi connectivity index (χ1v) is 9.74. The van der Waals surface area contributed by atoms with Crippen LogP contribution in [0, 0.1) is 6.92 Å². The maximum absolute atomic E-state index is 12.7. The summed E-state index contributed by atoms with van der Waals surface area (Å²) in [5.41, 5.74) is 3.55. The summed E-state index contributed by atoms with van der Waals surface area (Å²) in [6, 6.07) is 21.9. The molecule has 2 amide bonds. The van der Waals surface area contributed by atoms with E-state index in [0.29, 0.717) is 23.5 Å². The Morgan fingerprint density at radius 3 is 2.30 bits per heavy atom. The lowest BCUT2D eigenvalue weighted by molar-refractivity contribution is -0.111. The number of carbonyl (C=O) groups excluding carboxylic acids is 2. The number of aryl methyl sites for hydroxylation is 1. The monoisotopic (exact) mass is 400 g/mol. The zero-order valence-electron chi connectivity index (χ0n) is 17.0. The van der Waals surface area contributed by atoms with Crippen LogP contribution in [0.1, 0.15) is 28.4 Å². The predicted octanol–water partition coefficient (Wildman–Crippen LogP) is 5.30. The van der Waals surface area contributed by atoms with Crippen molar-refractivity contribution in [1.29, 1.82) is 0 Å². The largest absolute Gasteiger partial charge is 0.494 e. The molecule has 30 heavy (non-hydrogen) atoms. The summed E-state index contributed by atoms with van der Waals surface area (Å²) in [7, 11) is 0. The second-order valence-corrected chi connectivity index (χ2v) is 6.69. The summed E-state index contributed by atoms with van der Waals surface area (Å²) < 4.78 is 5.41. The van der Waals surface area contributed by atoms with E-state index in [2.05, 4.69) is 10.6 Å². The molecule has 0 atom stereocenters. The topological polar surface area (TPSA) is 67.4 Å². The van der Waals surface area contributed by atoms with Crippen molar-refractivity contribution in [3.05, 3.63) is 95.6 Å². The smallest absolute Gasteiger partial charge is 0.257 e. The van der Waals surface area contributed by atoms with E-state index in [4.69, 9.17) is 4.74 Å². The molecular weight excluding hydrogens is 376 g/mol. The number of benzene rings is 3. The Morgan fingerprint density at radius 1 is 0.900 bits per heavy atom. The van der Waals surface area contributed by atoms with Gasteiger partial charge in [-0.25, -0.2) is 0 Å². The van der Waals surface area contributed by atoms with Gasteiger partial charge in [-0.05, 0) is 61.9 Å². The molecule has 0 radical (unpaired) electrons. The SMILES string of the molecule is CCOc1ccc(NC(=O)c2ccccc2NC(=O)/C=C/c2ccc(C)cc2)cc1. The van der Waals surface area contributed by atoms with Gasteiger partial charge in [0.15, 0.2) is 0 Å². The predicted molar refractivity (Wildman–Crippen MR) is 121 cm³/mol. The Labute approximate surface area is 176 Å². The third-order valence-corrected chi connectivity index (χ3v) is 4.36. The lowest BCUT2D eigenvalue weighted by Crippen LogP contribution is -2.17. The van der Waals surface area contributed by atoms with Crippen molar-refractivity contribution in [1.82, 2.24) is 0 Å². The average molecular weight is 400 g/mol. The van der Waals surface area contributed by atoms with Gasteiger partial charge in [0.05, 0.1) is 17.9 Å². The summed E-state index contributed by atoms with van der Waals surface area (Å²) in [6.45, 7) is 4.50. The number of para-hydroxylation sites is 1. The fourth-order valence-corrected chi connectivity index (χ4v) is 2.81.